The first kappa shape index (κ1) is 11.4. The fraction of sp³-hybridized carbons (Fsp3) is 0.333. The lowest BCUT2D eigenvalue weighted by Crippen LogP contribution is -2.58. The average Bonchev–Trinajstić information content (AvgIpc) is 2.25. The molecule has 17 heavy (non-hydrogen) atoms. The second-order valence-corrected chi connectivity index (χ2v) is 4.03. The number of nitrogens with one attached hydrogen (secondary N) is 1. The number of likely N-dealkylation sites (tertiary alicyclic amines) is 1. The van der Waals surface area contributed by atoms with E-state index in [2.05, 4.69) is 5.32 Å². The van der Waals surface area contributed by atoms with Crippen molar-refractivity contribution in [1.29, 1.82) is 0 Å². The van der Waals surface area contributed by atoms with Crippen LogP contribution in [0.5, 0.6) is 5.75 Å². The zero-order chi connectivity index (χ0) is 12.3. The van der Waals surface area contributed by atoms with Gasteiger partial charge < -0.3 is 9.64 Å². The van der Waals surface area contributed by atoms with Crippen LogP contribution in [0.15, 0.2) is 24.3 Å². The van der Waals surface area contributed by atoms with E-state index < -0.39 is 0 Å². The lowest BCUT2D eigenvalue weighted by molar-refractivity contribution is -0.109. The van der Waals surface area contributed by atoms with Gasteiger partial charge in [0.1, 0.15) is 11.9 Å². The number of hydrogen-bond donors (Lipinski definition) is 1. The smallest absolute Gasteiger partial charge is 0.324 e. The first-order valence-electron chi connectivity index (χ1n) is 5.41. The number of ether oxygens (including phenoxy) is 1. The zero-order valence-electron chi connectivity index (χ0n) is 9.55. The van der Waals surface area contributed by atoms with Gasteiger partial charge in [-0.2, -0.15) is 0 Å². The van der Waals surface area contributed by atoms with E-state index in [4.69, 9.17) is 4.74 Å². The molecule has 1 N–H and O–H groups in total. The van der Waals surface area contributed by atoms with Crippen LogP contribution in [0.1, 0.15) is 5.56 Å². The molecular formula is C12H14N2O3. The summed E-state index contributed by atoms with van der Waals surface area (Å²) < 4.78 is 5.65. The molecule has 0 saturated carbocycles. The van der Waals surface area contributed by atoms with Gasteiger partial charge in [0.15, 0.2) is 0 Å². The van der Waals surface area contributed by atoms with Crippen molar-refractivity contribution in [3.8, 4) is 5.75 Å². The molecule has 0 aliphatic carbocycles. The van der Waals surface area contributed by atoms with Gasteiger partial charge in [-0.05, 0) is 19.1 Å². The predicted octanol–water partition coefficient (Wildman–Crippen LogP) is 0.924. The second-order valence-electron chi connectivity index (χ2n) is 4.03. The third kappa shape index (κ3) is 2.75. The van der Waals surface area contributed by atoms with Gasteiger partial charge in [0.25, 0.3) is 0 Å². The minimum atomic E-state index is -0.372. The summed E-state index contributed by atoms with van der Waals surface area (Å²) in [5, 5.41) is 2.09. The van der Waals surface area contributed by atoms with E-state index in [1.807, 2.05) is 31.2 Å². The monoisotopic (exact) mass is 234 g/mol. The third-order valence-corrected chi connectivity index (χ3v) is 2.64. The molecule has 1 heterocycles. The van der Waals surface area contributed by atoms with Crippen LogP contribution < -0.4 is 10.1 Å². The number of imide groups is 1. The van der Waals surface area contributed by atoms with Gasteiger partial charge in [-0.15, -0.1) is 0 Å². The molecule has 1 aromatic rings. The quantitative estimate of drug-likeness (QED) is 0.791. The molecule has 1 fully saturated rings. The van der Waals surface area contributed by atoms with E-state index >= 15 is 0 Å². The molecule has 5 heteroatoms. The molecule has 90 valence electrons. The molecule has 1 saturated heterocycles. The molecule has 0 spiro atoms. The van der Waals surface area contributed by atoms with Crippen LogP contribution in [0.3, 0.4) is 0 Å². The number of hydrogen-bond acceptors (Lipinski definition) is 3. The van der Waals surface area contributed by atoms with Gasteiger partial charge in [-0.3, -0.25) is 10.1 Å². The fourth-order valence-electron chi connectivity index (χ4n) is 1.63. The van der Waals surface area contributed by atoms with E-state index in [1.165, 1.54) is 10.5 Å². The Morgan fingerprint density at radius 3 is 2.65 bits per heavy atom. The summed E-state index contributed by atoms with van der Waals surface area (Å²) in [7, 11) is 0. The van der Waals surface area contributed by atoms with Gasteiger partial charge in [0.2, 0.25) is 6.41 Å². The highest BCUT2D eigenvalue weighted by Crippen LogP contribution is 2.18. The van der Waals surface area contributed by atoms with Crippen molar-refractivity contribution in [3.63, 3.8) is 0 Å². The second kappa shape index (κ2) is 4.86. The van der Waals surface area contributed by atoms with Gasteiger partial charge in [0, 0.05) is 0 Å². The molecule has 1 aromatic carbocycles. The van der Waals surface area contributed by atoms with E-state index in [1.54, 1.807) is 0 Å². The number of amides is 3. The van der Waals surface area contributed by atoms with Crippen LogP contribution >= 0.6 is 0 Å². The number of carbonyl (C=O) groups is 2. The largest absolute Gasteiger partial charge is 0.487 e. The van der Waals surface area contributed by atoms with Gasteiger partial charge in [-0.25, -0.2) is 4.79 Å². The summed E-state index contributed by atoms with van der Waals surface area (Å²) in [5.41, 5.74) is 1.18. The molecule has 2 rings (SSSR count). The molecule has 1 aliphatic rings. The summed E-state index contributed by atoms with van der Waals surface area (Å²) in [6, 6.07) is 7.40. The Morgan fingerprint density at radius 2 is 2.06 bits per heavy atom. The van der Waals surface area contributed by atoms with Crippen LogP contribution in [0, 0.1) is 6.92 Å². The van der Waals surface area contributed by atoms with Crippen molar-refractivity contribution in [2.24, 2.45) is 0 Å². The summed E-state index contributed by atoms with van der Waals surface area (Å²) in [6.45, 7) is 3.03. The SMILES string of the molecule is Cc1ccc(OC2CN(C(=O)NC=O)C2)cc1. The lowest BCUT2D eigenvalue weighted by atomic mass is 10.2. The van der Waals surface area contributed by atoms with Crippen molar-refractivity contribution in [1.82, 2.24) is 10.2 Å². The number of urea groups is 1. The Bertz CT molecular complexity index is 410. The van der Waals surface area contributed by atoms with Crippen molar-refractivity contribution in [2.45, 2.75) is 13.0 Å². The first-order chi connectivity index (χ1) is 8.19. The summed E-state index contributed by atoms with van der Waals surface area (Å²) in [6.07, 6.45) is 0.395. The lowest BCUT2D eigenvalue weighted by Gasteiger charge is -2.38. The van der Waals surface area contributed by atoms with E-state index in [9.17, 15) is 9.59 Å². The predicted molar refractivity (Wildman–Crippen MR) is 61.8 cm³/mol. The Morgan fingerprint density at radius 1 is 1.41 bits per heavy atom. The van der Waals surface area contributed by atoms with Crippen LogP contribution in [-0.4, -0.2) is 36.5 Å². The topological polar surface area (TPSA) is 58.6 Å². The van der Waals surface area contributed by atoms with Crippen LogP contribution in [0.2, 0.25) is 0 Å². The molecule has 0 unspecified atom stereocenters. The molecule has 3 amide bonds. The van der Waals surface area contributed by atoms with Crippen LogP contribution in [-0.2, 0) is 4.79 Å². The maximum absolute atomic E-state index is 11.2. The number of nitrogens with zero attached hydrogens (tertiary/aromatic N) is 1. The fourth-order valence-corrected chi connectivity index (χ4v) is 1.63. The highest BCUT2D eigenvalue weighted by Gasteiger charge is 2.32. The van der Waals surface area contributed by atoms with Crippen molar-refractivity contribution in [2.75, 3.05) is 13.1 Å². The van der Waals surface area contributed by atoms with E-state index in [0.717, 1.165) is 5.75 Å². The third-order valence-electron chi connectivity index (χ3n) is 2.64. The zero-order valence-corrected chi connectivity index (χ0v) is 9.55. The van der Waals surface area contributed by atoms with Crippen LogP contribution in [0.25, 0.3) is 0 Å². The first-order valence-corrected chi connectivity index (χ1v) is 5.41. The maximum atomic E-state index is 11.2. The van der Waals surface area contributed by atoms with Crippen molar-refractivity contribution in [3.05, 3.63) is 29.8 Å². The molecule has 0 atom stereocenters. The number of rotatable bonds is 3. The highest BCUT2D eigenvalue weighted by molar-refractivity contribution is 5.85. The Balaban J connectivity index is 1.79. The highest BCUT2D eigenvalue weighted by atomic mass is 16.5. The maximum Gasteiger partial charge on any atom is 0.324 e. The molecule has 0 aromatic heterocycles. The molecule has 1 aliphatic heterocycles. The molecule has 0 bridgehead atoms. The minimum Gasteiger partial charge on any atom is -0.487 e. The van der Waals surface area contributed by atoms with Gasteiger partial charge in [0.05, 0.1) is 13.1 Å². The standard InChI is InChI=1S/C12H14N2O3/c1-9-2-4-10(5-3-9)17-11-6-14(7-11)12(16)13-8-15/h2-5,8,11H,6-7H2,1H3,(H,13,15,16). The Labute approximate surface area is 99.4 Å². The molecule has 5 nitrogen and oxygen atoms in total. The molecule has 0 radical (unpaired) electrons. The van der Waals surface area contributed by atoms with E-state index in [0.29, 0.717) is 19.5 Å². The summed E-state index contributed by atoms with van der Waals surface area (Å²) in [4.78, 5) is 22.8. The van der Waals surface area contributed by atoms with Crippen molar-refractivity contribution >= 4 is 12.4 Å². The van der Waals surface area contributed by atoms with Gasteiger partial charge >= 0.3 is 6.03 Å². The summed E-state index contributed by atoms with van der Waals surface area (Å²) in [5.74, 6) is 0.802. The number of benzene rings is 1. The van der Waals surface area contributed by atoms with Crippen LogP contribution in [0.4, 0.5) is 4.79 Å². The van der Waals surface area contributed by atoms with Crippen molar-refractivity contribution < 1.29 is 14.3 Å². The number of carbonyl (C=O) groups excluding carboxylic acids is 2. The number of aryl methyl sites for hydroxylation is 1. The van der Waals surface area contributed by atoms with Gasteiger partial charge in [-0.1, -0.05) is 17.7 Å². The minimum absolute atomic E-state index is 0.00936. The van der Waals surface area contributed by atoms with E-state index in [-0.39, 0.29) is 12.1 Å². The normalized spacial score (nSPS) is 15.0. The Kier molecular flexibility index (Phi) is 3.27. The Hall–Kier alpha value is -2.04. The summed E-state index contributed by atoms with van der Waals surface area (Å²) >= 11 is 0. The molecular weight excluding hydrogens is 220 g/mol. The average molecular weight is 234 g/mol.